The predicted molar refractivity (Wildman–Crippen MR) is 98.3 cm³/mol. The summed E-state index contributed by atoms with van der Waals surface area (Å²) in [5.41, 5.74) is 2.08. The van der Waals surface area contributed by atoms with Gasteiger partial charge in [-0.3, -0.25) is 0 Å². The lowest BCUT2D eigenvalue weighted by atomic mass is 10.1. The minimum Gasteiger partial charge on any atom is -0.460 e. The smallest absolute Gasteiger partial charge is 0.339 e. The third-order valence-corrected chi connectivity index (χ3v) is 2.99. The molecule has 0 unspecified atom stereocenters. The van der Waals surface area contributed by atoms with E-state index in [2.05, 4.69) is 13.2 Å². The highest BCUT2D eigenvalue weighted by atomic mass is 16.6. The van der Waals surface area contributed by atoms with Gasteiger partial charge < -0.3 is 18.9 Å². The van der Waals surface area contributed by atoms with Gasteiger partial charge in [-0.05, 0) is 26.0 Å². The molecule has 6 nitrogen and oxygen atoms in total. The first-order valence-electron chi connectivity index (χ1n) is 8.29. The van der Waals surface area contributed by atoms with Gasteiger partial charge in [0.1, 0.15) is 13.2 Å². The topological polar surface area (TPSA) is 71.1 Å². The molecule has 26 heavy (non-hydrogen) atoms. The highest BCUT2D eigenvalue weighted by molar-refractivity contribution is 6.03. The normalized spacial score (nSPS) is 10.2. The first kappa shape index (κ1) is 21.6. The van der Waals surface area contributed by atoms with Crippen molar-refractivity contribution in [1.29, 1.82) is 0 Å². The molecular weight excluding hydrogens is 336 g/mol. The third kappa shape index (κ3) is 8.60. The van der Waals surface area contributed by atoms with Crippen molar-refractivity contribution in [3.63, 3.8) is 0 Å². The van der Waals surface area contributed by atoms with E-state index in [1.54, 1.807) is 12.1 Å². The fourth-order valence-corrected chi connectivity index (χ4v) is 1.87. The summed E-state index contributed by atoms with van der Waals surface area (Å²) in [4.78, 5) is 24.4. The zero-order chi connectivity index (χ0) is 19.4. The van der Waals surface area contributed by atoms with Crippen LogP contribution >= 0.6 is 0 Å². The largest absolute Gasteiger partial charge is 0.460 e. The molecule has 1 aromatic carbocycles. The molecule has 0 aliphatic heterocycles. The fourth-order valence-electron chi connectivity index (χ4n) is 1.87. The number of carbonyl (C=O) groups is 2. The van der Waals surface area contributed by atoms with Crippen molar-refractivity contribution in [3.8, 4) is 0 Å². The molecule has 0 atom stereocenters. The van der Waals surface area contributed by atoms with E-state index in [0.29, 0.717) is 13.2 Å². The minimum atomic E-state index is -0.602. The van der Waals surface area contributed by atoms with Crippen molar-refractivity contribution >= 4 is 11.9 Å². The van der Waals surface area contributed by atoms with Crippen molar-refractivity contribution in [3.05, 3.63) is 59.7 Å². The maximum absolute atomic E-state index is 12.2. The number of hydrogen-bond acceptors (Lipinski definition) is 6. The summed E-state index contributed by atoms with van der Waals surface area (Å²) < 4.78 is 20.8. The van der Waals surface area contributed by atoms with Crippen LogP contribution in [0, 0.1) is 0 Å². The quantitative estimate of drug-likeness (QED) is 0.323. The second-order valence-electron chi connectivity index (χ2n) is 5.84. The fraction of sp³-hybridized carbons (Fsp3) is 0.400. The molecule has 0 spiro atoms. The van der Waals surface area contributed by atoms with E-state index in [9.17, 15) is 9.59 Å². The number of benzene rings is 1. The average molecular weight is 362 g/mol. The number of ether oxygens (including phenoxy) is 4. The van der Waals surface area contributed by atoms with Gasteiger partial charge in [0, 0.05) is 0 Å². The van der Waals surface area contributed by atoms with Crippen LogP contribution in [0.25, 0.3) is 0 Å². The summed E-state index contributed by atoms with van der Waals surface area (Å²) in [5.74, 6) is -1.20. The Bertz CT molecular complexity index is 580. The Morgan fingerprint density at radius 1 is 0.769 bits per heavy atom. The third-order valence-electron chi connectivity index (χ3n) is 2.99. The van der Waals surface area contributed by atoms with Crippen molar-refractivity contribution in [2.75, 3.05) is 39.6 Å². The summed E-state index contributed by atoms with van der Waals surface area (Å²) in [6, 6.07) is 6.35. The molecule has 0 saturated carbocycles. The lowest BCUT2D eigenvalue weighted by Gasteiger charge is -2.10. The van der Waals surface area contributed by atoms with Crippen LogP contribution in [0.4, 0.5) is 0 Å². The van der Waals surface area contributed by atoms with E-state index in [1.165, 1.54) is 12.1 Å². The van der Waals surface area contributed by atoms with Crippen molar-refractivity contribution in [2.45, 2.75) is 13.8 Å². The molecule has 0 heterocycles. The van der Waals surface area contributed by atoms with Gasteiger partial charge in [-0.15, -0.1) is 0 Å². The number of esters is 2. The second kappa shape index (κ2) is 12.0. The van der Waals surface area contributed by atoms with Gasteiger partial charge in [0.2, 0.25) is 0 Å². The Morgan fingerprint density at radius 3 is 1.50 bits per heavy atom. The van der Waals surface area contributed by atoms with Gasteiger partial charge in [-0.1, -0.05) is 36.4 Å². The van der Waals surface area contributed by atoms with E-state index in [-0.39, 0.29) is 37.6 Å². The van der Waals surface area contributed by atoms with Gasteiger partial charge in [-0.25, -0.2) is 9.59 Å². The molecule has 0 bridgehead atoms. The summed E-state index contributed by atoms with van der Waals surface area (Å²) in [5, 5.41) is 0. The van der Waals surface area contributed by atoms with Crippen molar-refractivity contribution in [1.82, 2.24) is 0 Å². The van der Waals surface area contributed by atoms with Gasteiger partial charge >= 0.3 is 11.9 Å². The lowest BCUT2D eigenvalue weighted by molar-refractivity contribution is 0.0307. The van der Waals surface area contributed by atoms with Crippen LogP contribution in [0.1, 0.15) is 34.6 Å². The zero-order valence-corrected chi connectivity index (χ0v) is 15.4. The van der Waals surface area contributed by atoms with Crippen molar-refractivity contribution < 1.29 is 28.5 Å². The second-order valence-corrected chi connectivity index (χ2v) is 5.84. The summed E-state index contributed by atoms with van der Waals surface area (Å²) in [6.07, 6.45) is 0. The maximum Gasteiger partial charge on any atom is 0.339 e. The molecule has 0 radical (unpaired) electrons. The van der Waals surface area contributed by atoms with Gasteiger partial charge in [0.25, 0.3) is 0 Å². The Hall–Kier alpha value is -2.44. The van der Waals surface area contributed by atoms with Crippen LogP contribution in [0.3, 0.4) is 0 Å². The lowest BCUT2D eigenvalue weighted by Crippen LogP contribution is -2.17. The van der Waals surface area contributed by atoms with Crippen LogP contribution in [-0.4, -0.2) is 51.6 Å². The molecule has 0 aromatic heterocycles. The highest BCUT2D eigenvalue weighted by Crippen LogP contribution is 2.12. The Balaban J connectivity index is 2.49. The average Bonchev–Trinajstić information content (AvgIpc) is 2.60. The SMILES string of the molecule is C=C(C)COCCOC(=O)c1ccccc1C(=O)OCCOCC(=C)C. The van der Waals surface area contributed by atoms with Crippen LogP contribution in [-0.2, 0) is 18.9 Å². The monoisotopic (exact) mass is 362 g/mol. The predicted octanol–water partition coefficient (Wildman–Crippen LogP) is 3.19. The number of hydrogen-bond donors (Lipinski definition) is 0. The molecule has 6 heteroatoms. The van der Waals surface area contributed by atoms with E-state index in [1.807, 2.05) is 13.8 Å². The van der Waals surface area contributed by atoms with E-state index >= 15 is 0 Å². The molecule has 1 aromatic rings. The van der Waals surface area contributed by atoms with Gasteiger partial charge in [0.05, 0.1) is 37.6 Å². The summed E-state index contributed by atoms with van der Waals surface area (Å²) >= 11 is 0. The standard InChI is InChI=1S/C20H26O6/c1-15(2)13-23-9-11-25-19(21)17-7-5-6-8-18(17)20(22)26-12-10-24-14-16(3)4/h5-8H,1,3,9-14H2,2,4H3. The summed E-state index contributed by atoms with van der Waals surface area (Å²) in [7, 11) is 0. The molecule has 0 aliphatic rings. The number of rotatable bonds is 12. The zero-order valence-electron chi connectivity index (χ0n) is 15.4. The molecule has 142 valence electrons. The summed E-state index contributed by atoms with van der Waals surface area (Å²) in [6.45, 7) is 12.6. The Labute approximate surface area is 154 Å². The Kier molecular flexibility index (Phi) is 9.97. The van der Waals surface area contributed by atoms with Crippen LogP contribution in [0.5, 0.6) is 0 Å². The van der Waals surface area contributed by atoms with Crippen LogP contribution < -0.4 is 0 Å². The molecule has 0 amide bonds. The van der Waals surface area contributed by atoms with E-state index in [0.717, 1.165) is 11.1 Å². The van der Waals surface area contributed by atoms with Crippen molar-refractivity contribution in [2.24, 2.45) is 0 Å². The van der Waals surface area contributed by atoms with E-state index in [4.69, 9.17) is 18.9 Å². The Morgan fingerprint density at radius 2 is 1.15 bits per heavy atom. The number of carbonyl (C=O) groups excluding carboxylic acids is 2. The van der Waals surface area contributed by atoms with Crippen LogP contribution in [0.2, 0.25) is 0 Å². The maximum atomic E-state index is 12.2. The highest BCUT2D eigenvalue weighted by Gasteiger charge is 2.18. The first-order chi connectivity index (χ1) is 12.4. The van der Waals surface area contributed by atoms with E-state index < -0.39 is 11.9 Å². The molecule has 0 aliphatic carbocycles. The van der Waals surface area contributed by atoms with Gasteiger partial charge in [-0.2, -0.15) is 0 Å². The molecule has 0 saturated heterocycles. The first-order valence-corrected chi connectivity index (χ1v) is 8.29. The molecule has 0 N–H and O–H groups in total. The molecule has 0 fully saturated rings. The molecule has 1 rings (SSSR count). The van der Waals surface area contributed by atoms with Crippen LogP contribution in [0.15, 0.2) is 48.6 Å². The molecular formula is C20H26O6. The van der Waals surface area contributed by atoms with Gasteiger partial charge in [0.15, 0.2) is 0 Å². The minimum absolute atomic E-state index is 0.0875.